The predicted octanol–water partition coefficient (Wildman–Crippen LogP) is 0.152. The number of amides is 1. The third kappa shape index (κ3) is 3.39. The van der Waals surface area contributed by atoms with E-state index < -0.39 is 12.1 Å². The average Bonchev–Trinajstić information content (AvgIpc) is 2.25. The van der Waals surface area contributed by atoms with Crippen molar-refractivity contribution < 1.29 is 53.6 Å². The van der Waals surface area contributed by atoms with Crippen molar-refractivity contribution in [1.29, 1.82) is 0 Å². The van der Waals surface area contributed by atoms with Gasteiger partial charge in [-0.3, -0.25) is 4.79 Å². The zero-order chi connectivity index (χ0) is 11.6. The van der Waals surface area contributed by atoms with Crippen LogP contribution in [0.25, 0.3) is 5.73 Å². The minimum absolute atomic E-state index is 0. The van der Waals surface area contributed by atoms with E-state index in [2.05, 4.69) is 5.32 Å². The van der Waals surface area contributed by atoms with Crippen LogP contribution in [0.15, 0.2) is 0 Å². The molecule has 0 aromatic heterocycles. The molecule has 0 aromatic carbocycles. The van der Waals surface area contributed by atoms with Gasteiger partial charge in [0.25, 0.3) is 0 Å². The Hall–Kier alpha value is 0.792. The third-order valence-electron chi connectivity index (χ3n) is 3.37. The van der Waals surface area contributed by atoms with Gasteiger partial charge in [-0.05, 0) is 5.92 Å². The van der Waals surface area contributed by atoms with Crippen molar-refractivity contribution in [2.45, 2.75) is 32.1 Å². The summed E-state index contributed by atoms with van der Waals surface area (Å²) >= 11 is 0. The van der Waals surface area contributed by atoms with Crippen LogP contribution in [0.2, 0.25) is 0 Å². The van der Waals surface area contributed by atoms with Crippen molar-refractivity contribution in [3.05, 3.63) is 5.73 Å². The Balaban J connectivity index is 0.00000225. The number of rotatable bonds is 2. The van der Waals surface area contributed by atoms with Gasteiger partial charge in [-0.1, -0.05) is 25.8 Å². The molecule has 0 aromatic rings. The summed E-state index contributed by atoms with van der Waals surface area (Å²) in [5, 5.41) is 2.52. The molecule has 0 bridgehead atoms. The molecule has 4 N–H and O–H groups in total. The molecule has 1 heterocycles. The molecule has 0 saturated carbocycles. The number of nitrogens with one attached hydrogen (secondary N) is 2. The number of carbonyl (C=O) groups is 1. The van der Waals surface area contributed by atoms with Gasteiger partial charge in [0, 0.05) is 57.7 Å². The summed E-state index contributed by atoms with van der Waals surface area (Å²) in [6.07, 6.45) is -0.807. The maximum atomic E-state index is 11.5. The fourth-order valence-corrected chi connectivity index (χ4v) is 1.98. The monoisotopic (exact) mass is 441 g/mol. The van der Waals surface area contributed by atoms with Gasteiger partial charge >= 0.3 is 0 Å². The van der Waals surface area contributed by atoms with Gasteiger partial charge in [0.1, 0.15) is 6.10 Å². The Morgan fingerprint density at radius 1 is 1.44 bits per heavy atom. The molecule has 1 fully saturated rings. The van der Waals surface area contributed by atoms with Gasteiger partial charge in [-0.25, -0.2) is 0 Å². The first-order valence-electron chi connectivity index (χ1n) is 5.31. The SMILES string of the molecule is CNC(=O)[C@@H]1O[C@H](CN)[C@H](C)[C@H](C)[C@H]1[NH-].[Ac]. The molecule has 1 aliphatic rings. The van der Waals surface area contributed by atoms with E-state index in [9.17, 15) is 4.79 Å². The number of hydrogen-bond donors (Lipinski definition) is 2. The number of carbonyl (C=O) groups excluding carboxylic acids is 1. The third-order valence-corrected chi connectivity index (χ3v) is 3.37. The summed E-state index contributed by atoms with van der Waals surface area (Å²) in [4.78, 5) is 11.5. The van der Waals surface area contributed by atoms with E-state index in [0.717, 1.165) is 0 Å². The number of ether oxygens (including phenoxy) is 1. The van der Waals surface area contributed by atoms with Crippen LogP contribution in [0.5, 0.6) is 0 Å². The minimum Gasteiger partial charge on any atom is -0.672 e. The Bertz CT molecular complexity index is 238. The van der Waals surface area contributed by atoms with Gasteiger partial charge in [-0.2, -0.15) is 0 Å². The Labute approximate surface area is 133 Å². The zero-order valence-electron chi connectivity index (χ0n) is 10.1. The molecule has 91 valence electrons. The second kappa shape index (κ2) is 7.28. The molecule has 1 radical (unpaired) electrons. The number of nitrogens with two attached hydrogens (primary N) is 1. The molecular formula is C10H20AcN3O2-. The van der Waals surface area contributed by atoms with Gasteiger partial charge in [0.2, 0.25) is 5.91 Å². The molecule has 6 heteroatoms. The van der Waals surface area contributed by atoms with Crippen molar-refractivity contribution in [2.24, 2.45) is 17.6 Å². The molecule has 5 atom stereocenters. The van der Waals surface area contributed by atoms with Crippen molar-refractivity contribution in [1.82, 2.24) is 5.32 Å². The van der Waals surface area contributed by atoms with Gasteiger partial charge in [0.15, 0.2) is 0 Å². The van der Waals surface area contributed by atoms with Crippen LogP contribution in [0.3, 0.4) is 0 Å². The first-order chi connectivity index (χ1) is 7.02. The standard InChI is InChI=1S/C10H20N3O2.Ac/c1-5-6(2)8(12)9(10(14)13-3)15-7(5)4-11;/h5-9,12H,4,11H2,1-3H3,(H,13,14);/q-1;/t5-,6+,7-,8-,9-;/m1./s1. The van der Waals surface area contributed by atoms with Gasteiger partial charge in [0.05, 0.1) is 6.10 Å². The molecule has 1 aliphatic heterocycles. The molecule has 1 amide bonds. The fourth-order valence-electron chi connectivity index (χ4n) is 1.98. The van der Waals surface area contributed by atoms with E-state index in [-0.39, 0.29) is 67.9 Å². The average molecular weight is 441 g/mol. The van der Waals surface area contributed by atoms with Crippen LogP contribution in [0.4, 0.5) is 0 Å². The maximum Gasteiger partial charge on any atom is 0.247 e. The van der Waals surface area contributed by atoms with E-state index in [4.69, 9.17) is 16.2 Å². The summed E-state index contributed by atoms with van der Waals surface area (Å²) in [5.41, 5.74) is 13.5. The Morgan fingerprint density at radius 3 is 2.44 bits per heavy atom. The van der Waals surface area contributed by atoms with E-state index in [1.165, 1.54) is 0 Å². The van der Waals surface area contributed by atoms with Crippen LogP contribution >= 0.6 is 0 Å². The molecule has 1 rings (SSSR count). The van der Waals surface area contributed by atoms with Crippen LogP contribution in [0, 0.1) is 55.9 Å². The summed E-state index contributed by atoms with van der Waals surface area (Å²) in [6, 6.07) is -0.511. The van der Waals surface area contributed by atoms with Crippen LogP contribution in [0.1, 0.15) is 13.8 Å². The first-order valence-corrected chi connectivity index (χ1v) is 5.31. The Morgan fingerprint density at radius 2 is 2.00 bits per heavy atom. The minimum atomic E-state index is -0.685. The molecular weight excluding hydrogens is 421 g/mol. The quantitative estimate of drug-likeness (QED) is 0.640. The van der Waals surface area contributed by atoms with E-state index >= 15 is 0 Å². The van der Waals surface area contributed by atoms with E-state index in [1.807, 2.05) is 13.8 Å². The number of likely N-dealkylation sites (N-methyl/N-ethyl adjacent to an activating group) is 1. The molecule has 1 saturated heterocycles. The van der Waals surface area contributed by atoms with Crippen LogP contribution < -0.4 is 11.1 Å². The van der Waals surface area contributed by atoms with Gasteiger partial charge in [-0.15, -0.1) is 0 Å². The molecule has 16 heavy (non-hydrogen) atoms. The van der Waals surface area contributed by atoms with Crippen LogP contribution in [-0.2, 0) is 9.53 Å². The smallest absolute Gasteiger partial charge is 0.247 e. The summed E-state index contributed by atoms with van der Waals surface area (Å²) in [5.74, 6) is 0.111. The number of hydrogen-bond acceptors (Lipinski definition) is 3. The Kier molecular flexibility index (Phi) is 7.64. The maximum absolute atomic E-state index is 11.5. The normalized spacial score (nSPS) is 38.7. The topological polar surface area (TPSA) is 88.1 Å². The first kappa shape index (κ1) is 16.8. The summed E-state index contributed by atoms with van der Waals surface area (Å²) in [7, 11) is 1.55. The summed E-state index contributed by atoms with van der Waals surface area (Å²) in [6.45, 7) is 4.39. The molecule has 0 unspecified atom stereocenters. The van der Waals surface area contributed by atoms with E-state index in [1.54, 1.807) is 7.05 Å². The fraction of sp³-hybridized carbons (Fsp3) is 0.900. The van der Waals surface area contributed by atoms with Crippen molar-refractivity contribution in [2.75, 3.05) is 13.6 Å². The largest absolute Gasteiger partial charge is 0.672 e. The molecule has 0 spiro atoms. The molecule has 5 nitrogen and oxygen atoms in total. The van der Waals surface area contributed by atoms with E-state index in [0.29, 0.717) is 6.54 Å². The van der Waals surface area contributed by atoms with Gasteiger partial charge < -0.3 is 21.5 Å². The second-order valence-corrected chi connectivity index (χ2v) is 4.19. The van der Waals surface area contributed by atoms with Crippen molar-refractivity contribution in [3.63, 3.8) is 0 Å². The van der Waals surface area contributed by atoms with Crippen molar-refractivity contribution >= 4 is 5.91 Å². The van der Waals surface area contributed by atoms with Crippen molar-refractivity contribution in [3.8, 4) is 0 Å². The zero-order valence-corrected chi connectivity index (χ0v) is 14.8. The predicted molar refractivity (Wildman–Crippen MR) is 58.2 cm³/mol. The van der Waals surface area contributed by atoms with Crippen LogP contribution in [-0.4, -0.2) is 37.7 Å². The summed E-state index contributed by atoms with van der Waals surface area (Å²) < 4.78 is 5.56. The molecule has 0 aliphatic carbocycles. The second-order valence-electron chi connectivity index (χ2n) is 4.19.